The van der Waals surface area contributed by atoms with E-state index in [0.717, 1.165) is 6.42 Å². The van der Waals surface area contributed by atoms with Crippen LogP contribution in [0.1, 0.15) is 33.1 Å². The van der Waals surface area contributed by atoms with Crippen LogP contribution >= 0.6 is 0 Å². The Kier molecular flexibility index (Phi) is 5.19. The molecule has 0 aromatic rings. The van der Waals surface area contributed by atoms with E-state index in [0.29, 0.717) is 18.8 Å². The molecule has 0 aromatic carbocycles. The predicted molar refractivity (Wildman–Crippen MR) is 67.2 cm³/mol. The lowest BCUT2D eigenvalue weighted by atomic mass is 9.92. The molecule has 0 saturated carbocycles. The van der Waals surface area contributed by atoms with Crippen molar-refractivity contribution in [2.45, 2.75) is 45.3 Å². The molecule has 1 saturated heterocycles. The van der Waals surface area contributed by atoms with Gasteiger partial charge in [0.1, 0.15) is 6.10 Å². The second-order valence-corrected chi connectivity index (χ2v) is 5.03. The molecule has 0 aliphatic carbocycles. The number of ether oxygens (including phenoxy) is 1. The summed E-state index contributed by atoms with van der Waals surface area (Å²) in [5, 5.41) is 11.3. The van der Waals surface area contributed by atoms with E-state index in [4.69, 9.17) is 9.84 Å². The van der Waals surface area contributed by atoms with Crippen LogP contribution in [0.4, 0.5) is 4.79 Å². The van der Waals surface area contributed by atoms with Gasteiger partial charge in [-0.3, -0.25) is 4.79 Å². The molecule has 1 aliphatic heterocycles. The van der Waals surface area contributed by atoms with Gasteiger partial charge in [0, 0.05) is 0 Å². The number of allylic oxidation sites excluding steroid dienone is 1. The fraction of sp³-hybridized carbons (Fsp3) is 0.692. The van der Waals surface area contributed by atoms with Gasteiger partial charge in [0.2, 0.25) is 0 Å². The molecule has 1 rings (SSSR count). The molecule has 0 spiro atoms. The maximum absolute atomic E-state index is 11.4. The second kappa shape index (κ2) is 6.42. The van der Waals surface area contributed by atoms with Crippen molar-refractivity contribution >= 4 is 12.1 Å². The molecule has 1 aliphatic rings. The molecular weight excluding hydrogens is 234 g/mol. The number of hydrogen-bond donors (Lipinski definition) is 2. The average Bonchev–Trinajstić information content (AvgIpc) is 2.58. The van der Waals surface area contributed by atoms with E-state index < -0.39 is 6.09 Å². The Morgan fingerprint density at radius 1 is 1.72 bits per heavy atom. The molecule has 4 atom stereocenters. The van der Waals surface area contributed by atoms with Gasteiger partial charge < -0.3 is 15.2 Å². The summed E-state index contributed by atoms with van der Waals surface area (Å²) in [6.45, 7) is 7.49. The highest BCUT2D eigenvalue weighted by Crippen LogP contribution is 2.26. The van der Waals surface area contributed by atoms with Crippen LogP contribution in [0.5, 0.6) is 0 Å². The first-order valence-electron chi connectivity index (χ1n) is 6.24. The number of rotatable bonds is 6. The number of carbonyl (C=O) groups is 2. The molecular formula is C13H21NO4. The molecule has 1 fully saturated rings. The topological polar surface area (TPSA) is 75.6 Å². The van der Waals surface area contributed by atoms with Gasteiger partial charge in [-0.05, 0) is 25.2 Å². The van der Waals surface area contributed by atoms with E-state index in [-0.39, 0.29) is 24.0 Å². The molecule has 1 heterocycles. The van der Waals surface area contributed by atoms with Crippen molar-refractivity contribution in [1.82, 2.24) is 5.32 Å². The van der Waals surface area contributed by atoms with Crippen molar-refractivity contribution in [2.75, 3.05) is 0 Å². The van der Waals surface area contributed by atoms with Gasteiger partial charge in [-0.2, -0.15) is 0 Å². The quantitative estimate of drug-likeness (QED) is 0.563. The van der Waals surface area contributed by atoms with Crippen molar-refractivity contribution < 1.29 is 19.4 Å². The van der Waals surface area contributed by atoms with E-state index in [1.165, 1.54) is 0 Å². The predicted octanol–water partition coefficient (Wildman–Crippen LogP) is 2.18. The minimum atomic E-state index is -1.08. The van der Waals surface area contributed by atoms with Gasteiger partial charge in [0.15, 0.2) is 0 Å². The van der Waals surface area contributed by atoms with Gasteiger partial charge in [-0.15, -0.1) is 6.58 Å². The Morgan fingerprint density at radius 2 is 2.39 bits per heavy atom. The highest BCUT2D eigenvalue weighted by molar-refractivity contribution is 5.74. The van der Waals surface area contributed by atoms with Crippen LogP contribution in [0.25, 0.3) is 0 Å². The van der Waals surface area contributed by atoms with Crippen LogP contribution in [0.15, 0.2) is 12.7 Å². The Balaban J connectivity index is 2.63. The molecule has 5 nitrogen and oxygen atoms in total. The summed E-state index contributed by atoms with van der Waals surface area (Å²) in [5.41, 5.74) is 0. The van der Waals surface area contributed by atoms with Gasteiger partial charge in [-0.25, -0.2) is 4.79 Å². The first-order valence-corrected chi connectivity index (χ1v) is 6.24. The van der Waals surface area contributed by atoms with Gasteiger partial charge >= 0.3 is 12.1 Å². The van der Waals surface area contributed by atoms with Crippen molar-refractivity contribution in [2.24, 2.45) is 11.8 Å². The van der Waals surface area contributed by atoms with E-state index in [2.05, 4.69) is 11.9 Å². The minimum Gasteiger partial charge on any atom is -0.465 e. The summed E-state index contributed by atoms with van der Waals surface area (Å²) in [5.74, 6) is -0.0923. The molecule has 3 unspecified atom stereocenters. The maximum atomic E-state index is 11.4. The lowest BCUT2D eigenvalue weighted by molar-refractivity contribution is -0.144. The van der Waals surface area contributed by atoms with Gasteiger partial charge in [0.25, 0.3) is 0 Å². The van der Waals surface area contributed by atoms with Crippen molar-refractivity contribution in [3.63, 3.8) is 0 Å². The fourth-order valence-electron chi connectivity index (χ4n) is 2.28. The number of carboxylic acid groups (broad SMARTS) is 1. The van der Waals surface area contributed by atoms with Crippen LogP contribution in [0.2, 0.25) is 0 Å². The Hall–Kier alpha value is -1.52. The smallest absolute Gasteiger partial charge is 0.405 e. The number of cyclic esters (lactones) is 1. The summed E-state index contributed by atoms with van der Waals surface area (Å²) in [7, 11) is 0. The summed E-state index contributed by atoms with van der Waals surface area (Å²) >= 11 is 0. The van der Waals surface area contributed by atoms with Crippen LogP contribution in [-0.2, 0) is 9.53 Å². The molecule has 1 amide bonds. The number of amides is 1. The SMILES string of the molecule is C=CCC(C)C[C@@H](NC(=O)O)C1CC(C)C(=O)O1. The van der Waals surface area contributed by atoms with Crippen LogP contribution in [0, 0.1) is 11.8 Å². The second-order valence-electron chi connectivity index (χ2n) is 5.03. The van der Waals surface area contributed by atoms with E-state index in [9.17, 15) is 9.59 Å². The minimum absolute atomic E-state index is 0.150. The third-order valence-electron chi connectivity index (χ3n) is 3.24. The highest BCUT2D eigenvalue weighted by Gasteiger charge is 2.37. The Labute approximate surface area is 107 Å². The monoisotopic (exact) mass is 255 g/mol. The van der Waals surface area contributed by atoms with Gasteiger partial charge in [0.05, 0.1) is 12.0 Å². The first-order chi connectivity index (χ1) is 8.43. The zero-order chi connectivity index (χ0) is 13.7. The summed E-state index contributed by atoms with van der Waals surface area (Å²) in [6, 6.07) is -0.341. The van der Waals surface area contributed by atoms with Gasteiger partial charge in [-0.1, -0.05) is 19.9 Å². The maximum Gasteiger partial charge on any atom is 0.405 e. The lowest BCUT2D eigenvalue weighted by Crippen LogP contribution is -2.43. The number of nitrogens with one attached hydrogen (secondary N) is 1. The third kappa shape index (κ3) is 4.05. The van der Waals surface area contributed by atoms with Crippen molar-refractivity contribution in [3.8, 4) is 0 Å². The molecule has 0 bridgehead atoms. The Morgan fingerprint density at radius 3 is 2.83 bits per heavy atom. The van der Waals surface area contributed by atoms with E-state index in [1.807, 2.05) is 13.0 Å². The zero-order valence-corrected chi connectivity index (χ0v) is 10.9. The number of hydrogen-bond acceptors (Lipinski definition) is 3. The molecule has 5 heteroatoms. The normalized spacial score (nSPS) is 26.2. The zero-order valence-electron chi connectivity index (χ0n) is 10.9. The molecule has 2 N–H and O–H groups in total. The summed E-state index contributed by atoms with van der Waals surface area (Å²) in [4.78, 5) is 22.2. The molecule has 18 heavy (non-hydrogen) atoms. The molecule has 0 aromatic heterocycles. The summed E-state index contributed by atoms with van der Waals surface area (Å²) < 4.78 is 5.23. The standard InChI is InChI=1S/C13H21NO4/c1-4-5-8(2)6-10(14-13(16)17)11-7-9(3)12(15)18-11/h4,8-11,14H,1,5-7H2,2-3H3,(H,16,17)/t8?,9?,10-,11?/m1/s1. The van der Waals surface area contributed by atoms with Crippen LogP contribution in [-0.4, -0.2) is 29.3 Å². The van der Waals surface area contributed by atoms with Crippen molar-refractivity contribution in [1.29, 1.82) is 0 Å². The van der Waals surface area contributed by atoms with Crippen molar-refractivity contribution in [3.05, 3.63) is 12.7 Å². The van der Waals surface area contributed by atoms with Crippen LogP contribution in [0.3, 0.4) is 0 Å². The highest BCUT2D eigenvalue weighted by atomic mass is 16.6. The average molecular weight is 255 g/mol. The van der Waals surface area contributed by atoms with Crippen LogP contribution < -0.4 is 5.32 Å². The largest absolute Gasteiger partial charge is 0.465 e. The molecule has 102 valence electrons. The van der Waals surface area contributed by atoms with E-state index in [1.54, 1.807) is 6.92 Å². The fourth-order valence-corrected chi connectivity index (χ4v) is 2.28. The Bertz CT molecular complexity index is 329. The van der Waals surface area contributed by atoms with E-state index >= 15 is 0 Å². The number of esters is 1. The third-order valence-corrected chi connectivity index (χ3v) is 3.24. The first kappa shape index (κ1) is 14.5. The lowest BCUT2D eigenvalue weighted by Gasteiger charge is -2.24. The number of carbonyl (C=O) groups excluding carboxylic acids is 1. The molecule has 0 radical (unpaired) electrons. The summed E-state index contributed by atoms with van der Waals surface area (Å²) in [6.07, 6.45) is 2.41.